The van der Waals surface area contributed by atoms with Crippen LogP contribution >= 0.6 is 0 Å². The maximum atomic E-state index is 12.0. The molecule has 5 nitrogen and oxygen atoms in total. The summed E-state index contributed by atoms with van der Waals surface area (Å²) in [6, 6.07) is 7.97. The minimum absolute atomic E-state index is 0.00329. The Labute approximate surface area is 112 Å². The molecule has 19 heavy (non-hydrogen) atoms. The Morgan fingerprint density at radius 3 is 2.89 bits per heavy atom. The summed E-state index contributed by atoms with van der Waals surface area (Å²) in [5.41, 5.74) is 0.783. The van der Waals surface area contributed by atoms with Gasteiger partial charge in [-0.1, -0.05) is 6.07 Å². The molecular formula is C13H14N2O3S. The van der Waals surface area contributed by atoms with E-state index in [1.807, 2.05) is 6.07 Å². The Kier molecular flexibility index (Phi) is 3.86. The third-order valence-corrected chi connectivity index (χ3v) is 4.87. The topological polar surface area (TPSA) is 87.0 Å². The molecule has 0 aliphatic carbocycles. The minimum Gasteiger partial charge on any atom is -0.348 e. The summed E-state index contributed by atoms with van der Waals surface area (Å²) in [6.45, 7) is 0. The number of carbonyl (C=O) groups excluding carboxylic acids is 1. The molecule has 1 atom stereocenters. The molecule has 2 rings (SSSR count). The Balaban J connectivity index is 2.07. The molecule has 100 valence electrons. The van der Waals surface area contributed by atoms with Crippen molar-refractivity contribution in [3.63, 3.8) is 0 Å². The third kappa shape index (κ3) is 3.55. The zero-order valence-electron chi connectivity index (χ0n) is 10.3. The predicted molar refractivity (Wildman–Crippen MR) is 70.3 cm³/mol. The first-order valence-corrected chi connectivity index (χ1v) is 7.84. The van der Waals surface area contributed by atoms with E-state index >= 15 is 0 Å². The molecule has 1 aliphatic rings. The van der Waals surface area contributed by atoms with Gasteiger partial charge in [0.15, 0.2) is 9.84 Å². The molecule has 1 fully saturated rings. The molecular weight excluding hydrogens is 264 g/mol. The van der Waals surface area contributed by atoms with Crippen molar-refractivity contribution in [1.29, 1.82) is 5.26 Å². The first-order chi connectivity index (χ1) is 9.00. The summed E-state index contributed by atoms with van der Waals surface area (Å²) in [5, 5.41) is 11.5. The lowest BCUT2D eigenvalue weighted by atomic mass is 10.1. The Morgan fingerprint density at radius 2 is 2.21 bits per heavy atom. The van der Waals surface area contributed by atoms with Crippen molar-refractivity contribution in [3.05, 3.63) is 35.4 Å². The minimum atomic E-state index is -3.04. The highest BCUT2D eigenvalue weighted by Gasteiger charge is 2.26. The van der Waals surface area contributed by atoms with Gasteiger partial charge in [-0.3, -0.25) is 4.79 Å². The molecule has 1 aromatic carbocycles. The van der Waals surface area contributed by atoms with Gasteiger partial charge in [0.05, 0.1) is 23.1 Å². The Hall–Kier alpha value is -1.87. The van der Waals surface area contributed by atoms with Gasteiger partial charge in [0, 0.05) is 11.6 Å². The van der Waals surface area contributed by atoms with Crippen LogP contribution in [0.5, 0.6) is 0 Å². The molecule has 0 spiro atoms. The number of rotatable bonds is 2. The van der Waals surface area contributed by atoms with E-state index < -0.39 is 9.84 Å². The normalized spacial score (nSPS) is 21.3. The van der Waals surface area contributed by atoms with Crippen LogP contribution in [0.3, 0.4) is 0 Å². The number of amides is 1. The van der Waals surface area contributed by atoms with Crippen LogP contribution in [0.25, 0.3) is 0 Å². The summed E-state index contributed by atoms with van der Waals surface area (Å²) >= 11 is 0. The highest BCUT2D eigenvalue weighted by molar-refractivity contribution is 7.91. The summed E-state index contributed by atoms with van der Waals surface area (Å²) in [4.78, 5) is 12.0. The lowest BCUT2D eigenvalue weighted by molar-refractivity contribution is 0.0938. The van der Waals surface area contributed by atoms with Crippen molar-refractivity contribution in [2.75, 3.05) is 11.5 Å². The summed E-state index contributed by atoms with van der Waals surface area (Å²) in [5.74, 6) is -0.140. The third-order valence-electron chi connectivity index (χ3n) is 3.05. The smallest absolute Gasteiger partial charge is 0.251 e. The van der Waals surface area contributed by atoms with Gasteiger partial charge in [-0.25, -0.2) is 8.42 Å². The van der Waals surface area contributed by atoms with Crippen LogP contribution in [0.2, 0.25) is 0 Å². The van der Waals surface area contributed by atoms with Gasteiger partial charge in [-0.05, 0) is 31.0 Å². The van der Waals surface area contributed by atoms with Crippen LogP contribution in [0.15, 0.2) is 24.3 Å². The second kappa shape index (κ2) is 5.41. The lowest BCUT2D eigenvalue weighted by Gasteiger charge is -2.23. The second-order valence-electron chi connectivity index (χ2n) is 4.62. The molecule has 1 amide bonds. The van der Waals surface area contributed by atoms with Crippen LogP contribution in [0.4, 0.5) is 0 Å². The monoisotopic (exact) mass is 278 g/mol. The largest absolute Gasteiger partial charge is 0.348 e. The summed E-state index contributed by atoms with van der Waals surface area (Å²) < 4.78 is 23.0. The van der Waals surface area contributed by atoms with Gasteiger partial charge in [0.2, 0.25) is 0 Å². The number of nitriles is 1. The average molecular weight is 278 g/mol. The quantitative estimate of drug-likeness (QED) is 0.869. The Bertz CT molecular complexity index is 632. The van der Waals surface area contributed by atoms with Crippen LogP contribution < -0.4 is 5.32 Å². The molecule has 1 unspecified atom stereocenters. The number of sulfone groups is 1. The van der Waals surface area contributed by atoms with Crippen molar-refractivity contribution in [2.45, 2.75) is 18.9 Å². The lowest BCUT2D eigenvalue weighted by Crippen LogP contribution is -2.43. The molecule has 0 aromatic heterocycles. The zero-order chi connectivity index (χ0) is 13.9. The van der Waals surface area contributed by atoms with Crippen LogP contribution in [-0.2, 0) is 9.84 Å². The first-order valence-electron chi connectivity index (χ1n) is 6.01. The average Bonchev–Trinajstić information content (AvgIpc) is 2.37. The summed E-state index contributed by atoms with van der Waals surface area (Å²) in [6.07, 6.45) is 1.24. The van der Waals surface area contributed by atoms with Crippen molar-refractivity contribution >= 4 is 15.7 Å². The van der Waals surface area contributed by atoms with Crippen molar-refractivity contribution in [3.8, 4) is 6.07 Å². The van der Waals surface area contributed by atoms with E-state index in [1.54, 1.807) is 18.2 Å². The second-order valence-corrected chi connectivity index (χ2v) is 6.85. The van der Waals surface area contributed by atoms with Crippen molar-refractivity contribution in [1.82, 2.24) is 5.32 Å². The van der Waals surface area contributed by atoms with Crippen LogP contribution in [0.1, 0.15) is 28.8 Å². The van der Waals surface area contributed by atoms with Crippen LogP contribution in [-0.4, -0.2) is 31.9 Å². The number of hydrogen-bond acceptors (Lipinski definition) is 4. The number of nitrogens with one attached hydrogen (secondary N) is 1. The molecule has 6 heteroatoms. The van der Waals surface area contributed by atoms with Gasteiger partial charge in [0.25, 0.3) is 5.91 Å². The molecule has 0 saturated carbocycles. The molecule has 1 heterocycles. The SMILES string of the molecule is N#Cc1cccc(C(=O)NC2CCCS(=O)(=O)C2)c1. The fraction of sp³-hybridized carbons (Fsp3) is 0.385. The first kappa shape index (κ1) is 13.6. The van der Waals surface area contributed by atoms with E-state index in [0.717, 1.165) is 0 Å². The van der Waals surface area contributed by atoms with Crippen LogP contribution in [0, 0.1) is 11.3 Å². The standard InChI is InChI=1S/C13H14N2O3S/c14-8-10-3-1-4-11(7-10)13(16)15-12-5-2-6-19(17,18)9-12/h1,3-4,7,12H,2,5-6,9H2,(H,15,16). The number of benzene rings is 1. The van der Waals surface area contributed by atoms with Gasteiger partial charge in [0.1, 0.15) is 0 Å². The zero-order valence-corrected chi connectivity index (χ0v) is 11.1. The van der Waals surface area contributed by atoms with E-state index in [2.05, 4.69) is 5.32 Å². The van der Waals surface area contributed by atoms with Gasteiger partial charge >= 0.3 is 0 Å². The number of carbonyl (C=O) groups is 1. The van der Waals surface area contributed by atoms with E-state index in [0.29, 0.717) is 24.0 Å². The fourth-order valence-corrected chi connectivity index (χ4v) is 3.77. The van der Waals surface area contributed by atoms with E-state index in [1.165, 1.54) is 6.07 Å². The van der Waals surface area contributed by atoms with Gasteiger partial charge in [-0.15, -0.1) is 0 Å². The molecule has 1 N–H and O–H groups in total. The maximum absolute atomic E-state index is 12.0. The molecule has 1 saturated heterocycles. The highest BCUT2D eigenvalue weighted by Crippen LogP contribution is 2.13. The Morgan fingerprint density at radius 1 is 1.42 bits per heavy atom. The van der Waals surface area contributed by atoms with Crippen molar-refractivity contribution < 1.29 is 13.2 Å². The van der Waals surface area contributed by atoms with E-state index in [-0.39, 0.29) is 23.5 Å². The fourth-order valence-electron chi connectivity index (χ4n) is 2.14. The molecule has 1 aromatic rings. The van der Waals surface area contributed by atoms with Gasteiger partial charge in [-0.2, -0.15) is 5.26 Å². The van der Waals surface area contributed by atoms with E-state index in [9.17, 15) is 13.2 Å². The maximum Gasteiger partial charge on any atom is 0.251 e. The molecule has 0 bridgehead atoms. The predicted octanol–water partition coefficient (Wildman–Crippen LogP) is 0.865. The number of nitrogens with zero attached hydrogens (tertiary/aromatic N) is 1. The van der Waals surface area contributed by atoms with Crippen molar-refractivity contribution in [2.24, 2.45) is 0 Å². The van der Waals surface area contributed by atoms with Gasteiger partial charge < -0.3 is 5.32 Å². The summed E-state index contributed by atoms with van der Waals surface area (Å²) in [7, 11) is -3.04. The van der Waals surface area contributed by atoms with E-state index in [4.69, 9.17) is 5.26 Å². The number of hydrogen-bond donors (Lipinski definition) is 1. The highest BCUT2D eigenvalue weighted by atomic mass is 32.2. The molecule has 1 aliphatic heterocycles. The molecule has 0 radical (unpaired) electrons.